The molecule has 0 bridgehead atoms. The van der Waals surface area contributed by atoms with E-state index < -0.39 is 6.09 Å². The lowest BCUT2D eigenvalue weighted by molar-refractivity contribution is 0.0757. The van der Waals surface area contributed by atoms with Crippen LogP contribution in [0.15, 0.2) is 0 Å². The molecule has 5 heteroatoms. The summed E-state index contributed by atoms with van der Waals surface area (Å²) in [6, 6.07) is 0.360. The molecule has 1 amide bonds. The smallest absolute Gasteiger partial charge is 0.404 e. The molecular formula is C9H17FN2O2. The lowest BCUT2D eigenvalue weighted by atomic mass is 9.93. The van der Waals surface area contributed by atoms with E-state index in [-0.39, 0.29) is 12.8 Å². The normalized spacial score (nSPS) is 27.2. The standard InChI is InChI=1S/C9H17FN2O2/c10-5-6-12-7-1-3-8(4-2-7)14-9(11)13/h7-8,12H,1-6H2,(H2,11,13)/t7-,8-. The summed E-state index contributed by atoms with van der Waals surface area (Å²) in [6.45, 7) is 0.0731. The number of rotatable bonds is 4. The Balaban J connectivity index is 2.14. The number of alkyl halides is 1. The molecule has 0 radical (unpaired) electrons. The maximum Gasteiger partial charge on any atom is 0.404 e. The van der Waals surface area contributed by atoms with Gasteiger partial charge in [0.2, 0.25) is 0 Å². The van der Waals surface area contributed by atoms with Crippen molar-refractivity contribution >= 4 is 6.09 Å². The first-order chi connectivity index (χ1) is 6.72. The third-order valence-electron chi connectivity index (χ3n) is 2.48. The number of primary amides is 1. The van der Waals surface area contributed by atoms with Crippen molar-refractivity contribution in [1.29, 1.82) is 0 Å². The lowest BCUT2D eigenvalue weighted by Gasteiger charge is -2.28. The van der Waals surface area contributed by atoms with E-state index >= 15 is 0 Å². The van der Waals surface area contributed by atoms with E-state index in [9.17, 15) is 9.18 Å². The Morgan fingerprint density at radius 3 is 2.57 bits per heavy atom. The van der Waals surface area contributed by atoms with Gasteiger partial charge in [0.25, 0.3) is 0 Å². The minimum atomic E-state index is -0.704. The van der Waals surface area contributed by atoms with Gasteiger partial charge in [0.05, 0.1) is 0 Å². The zero-order chi connectivity index (χ0) is 10.4. The first-order valence-corrected chi connectivity index (χ1v) is 4.98. The Labute approximate surface area is 83.0 Å². The molecule has 0 saturated heterocycles. The van der Waals surface area contributed by atoms with Crippen LogP contribution in [0.1, 0.15) is 25.7 Å². The molecule has 1 fully saturated rings. The lowest BCUT2D eigenvalue weighted by Crippen LogP contribution is -2.37. The predicted molar refractivity (Wildman–Crippen MR) is 50.7 cm³/mol. The number of carbonyl (C=O) groups excluding carboxylic acids is 1. The number of ether oxygens (including phenoxy) is 1. The fraction of sp³-hybridized carbons (Fsp3) is 0.889. The molecule has 0 spiro atoms. The number of halogens is 1. The maximum absolute atomic E-state index is 11.8. The van der Waals surface area contributed by atoms with Gasteiger partial charge in [0.15, 0.2) is 0 Å². The summed E-state index contributed by atoms with van der Waals surface area (Å²) in [5.74, 6) is 0. The van der Waals surface area contributed by atoms with Crippen molar-refractivity contribution in [2.75, 3.05) is 13.2 Å². The highest BCUT2D eigenvalue weighted by molar-refractivity contribution is 5.64. The van der Waals surface area contributed by atoms with Crippen molar-refractivity contribution in [3.05, 3.63) is 0 Å². The van der Waals surface area contributed by atoms with E-state index in [0.717, 1.165) is 25.7 Å². The molecule has 82 valence electrons. The minimum Gasteiger partial charge on any atom is -0.446 e. The summed E-state index contributed by atoms with van der Waals surface area (Å²) in [7, 11) is 0. The van der Waals surface area contributed by atoms with Gasteiger partial charge in [-0.25, -0.2) is 9.18 Å². The van der Waals surface area contributed by atoms with E-state index in [1.807, 2.05) is 0 Å². The molecule has 0 aromatic heterocycles. The molecule has 0 unspecified atom stereocenters. The number of amides is 1. The van der Waals surface area contributed by atoms with Crippen LogP contribution in [0.5, 0.6) is 0 Å². The van der Waals surface area contributed by atoms with Gasteiger partial charge in [0.1, 0.15) is 12.8 Å². The van der Waals surface area contributed by atoms with Gasteiger partial charge >= 0.3 is 6.09 Å². The maximum atomic E-state index is 11.8. The molecule has 1 saturated carbocycles. The summed E-state index contributed by atoms with van der Waals surface area (Å²) in [5, 5.41) is 3.10. The summed E-state index contributed by atoms with van der Waals surface area (Å²) in [4.78, 5) is 10.5. The number of hydrogen-bond donors (Lipinski definition) is 2. The summed E-state index contributed by atoms with van der Waals surface area (Å²) in [6.07, 6.45) is 2.71. The van der Waals surface area contributed by atoms with Crippen molar-refractivity contribution in [2.45, 2.75) is 37.8 Å². The zero-order valence-electron chi connectivity index (χ0n) is 8.17. The van der Waals surface area contributed by atoms with Crippen LogP contribution in [0, 0.1) is 0 Å². The fourth-order valence-corrected chi connectivity index (χ4v) is 1.81. The van der Waals surface area contributed by atoms with E-state index in [4.69, 9.17) is 10.5 Å². The van der Waals surface area contributed by atoms with Gasteiger partial charge in [-0.1, -0.05) is 0 Å². The zero-order valence-corrected chi connectivity index (χ0v) is 8.17. The van der Waals surface area contributed by atoms with Crippen molar-refractivity contribution in [2.24, 2.45) is 5.73 Å². The second-order valence-electron chi connectivity index (χ2n) is 3.55. The third-order valence-corrected chi connectivity index (χ3v) is 2.48. The highest BCUT2D eigenvalue weighted by Gasteiger charge is 2.22. The average molecular weight is 204 g/mol. The Bertz CT molecular complexity index is 182. The Morgan fingerprint density at radius 1 is 1.43 bits per heavy atom. The number of nitrogens with two attached hydrogens (primary N) is 1. The molecule has 0 aromatic carbocycles. The molecule has 0 heterocycles. The number of nitrogens with one attached hydrogen (secondary N) is 1. The van der Waals surface area contributed by atoms with E-state index in [1.165, 1.54) is 0 Å². The van der Waals surface area contributed by atoms with Crippen molar-refractivity contribution < 1.29 is 13.9 Å². The fourth-order valence-electron chi connectivity index (χ4n) is 1.81. The monoisotopic (exact) mass is 204 g/mol. The quantitative estimate of drug-likeness (QED) is 0.716. The molecule has 0 aromatic rings. The van der Waals surface area contributed by atoms with E-state index in [0.29, 0.717) is 12.6 Å². The molecular weight excluding hydrogens is 187 g/mol. The third kappa shape index (κ3) is 3.91. The summed E-state index contributed by atoms with van der Waals surface area (Å²) in [5.41, 5.74) is 4.91. The van der Waals surface area contributed by atoms with Gasteiger partial charge in [0, 0.05) is 12.6 Å². The SMILES string of the molecule is NC(=O)O[C@H]1CC[C@H](NCCF)CC1. The molecule has 1 aliphatic rings. The molecule has 4 nitrogen and oxygen atoms in total. The Morgan fingerprint density at radius 2 is 2.07 bits per heavy atom. The van der Waals surface area contributed by atoms with Gasteiger partial charge in [-0.05, 0) is 25.7 Å². The Hall–Kier alpha value is -0.840. The molecule has 1 rings (SSSR count). The number of hydrogen-bond acceptors (Lipinski definition) is 3. The molecule has 3 N–H and O–H groups in total. The van der Waals surface area contributed by atoms with Crippen LogP contribution in [-0.2, 0) is 4.74 Å². The van der Waals surface area contributed by atoms with Gasteiger partial charge in [-0.2, -0.15) is 0 Å². The molecule has 0 aliphatic heterocycles. The second-order valence-corrected chi connectivity index (χ2v) is 3.55. The van der Waals surface area contributed by atoms with Crippen LogP contribution < -0.4 is 11.1 Å². The number of carbonyl (C=O) groups is 1. The first kappa shape index (κ1) is 11.2. The van der Waals surface area contributed by atoms with E-state index in [2.05, 4.69) is 5.32 Å². The van der Waals surface area contributed by atoms with Gasteiger partial charge < -0.3 is 15.8 Å². The summed E-state index contributed by atoms with van der Waals surface area (Å²) >= 11 is 0. The van der Waals surface area contributed by atoms with Crippen LogP contribution in [0.25, 0.3) is 0 Å². The second kappa shape index (κ2) is 5.80. The van der Waals surface area contributed by atoms with Gasteiger partial charge in [-0.3, -0.25) is 0 Å². The van der Waals surface area contributed by atoms with Crippen LogP contribution in [0.4, 0.5) is 9.18 Å². The first-order valence-electron chi connectivity index (χ1n) is 4.98. The topological polar surface area (TPSA) is 64.4 Å². The van der Waals surface area contributed by atoms with Crippen LogP contribution in [-0.4, -0.2) is 31.5 Å². The largest absolute Gasteiger partial charge is 0.446 e. The Kier molecular flexibility index (Phi) is 4.65. The van der Waals surface area contributed by atoms with Crippen LogP contribution in [0.2, 0.25) is 0 Å². The predicted octanol–water partition coefficient (Wildman–Crippen LogP) is 0.952. The van der Waals surface area contributed by atoms with E-state index in [1.54, 1.807) is 0 Å². The van der Waals surface area contributed by atoms with Crippen molar-refractivity contribution in [3.63, 3.8) is 0 Å². The van der Waals surface area contributed by atoms with Crippen LogP contribution in [0.3, 0.4) is 0 Å². The van der Waals surface area contributed by atoms with Crippen molar-refractivity contribution in [3.8, 4) is 0 Å². The van der Waals surface area contributed by atoms with Crippen LogP contribution >= 0.6 is 0 Å². The summed E-state index contributed by atoms with van der Waals surface area (Å²) < 4.78 is 16.7. The molecule has 14 heavy (non-hydrogen) atoms. The average Bonchev–Trinajstić information content (AvgIpc) is 2.16. The minimum absolute atomic E-state index is 0.0454. The van der Waals surface area contributed by atoms with Crippen molar-refractivity contribution in [1.82, 2.24) is 5.32 Å². The molecule has 1 aliphatic carbocycles. The highest BCUT2D eigenvalue weighted by Crippen LogP contribution is 2.20. The van der Waals surface area contributed by atoms with Gasteiger partial charge in [-0.15, -0.1) is 0 Å². The highest BCUT2D eigenvalue weighted by atomic mass is 19.1. The molecule has 0 atom stereocenters.